The molecule has 0 spiro atoms. The summed E-state index contributed by atoms with van der Waals surface area (Å²) >= 11 is 3.68. The number of halogens is 1. The highest BCUT2D eigenvalue weighted by atomic mass is 79.9. The van der Waals surface area contributed by atoms with Gasteiger partial charge in [0.15, 0.2) is 11.5 Å². The normalized spacial score (nSPS) is 11.8. The highest BCUT2D eigenvalue weighted by Gasteiger charge is 2.16. The van der Waals surface area contributed by atoms with E-state index in [1.807, 2.05) is 62.0 Å². The van der Waals surface area contributed by atoms with Gasteiger partial charge in [0, 0.05) is 43.4 Å². The molecule has 7 heteroatoms. The Bertz CT molecular complexity index is 1100. The SMILES string of the molecule is C=C(/C=C(\C=C/C)c1nc2c(Nc3cccc(N(C)C)c3)nccn2c1Br)OC. The number of allylic oxidation sites excluding steroid dienone is 4. The third-order valence-electron chi connectivity index (χ3n) is 4.31. The van der Waals surface area contributed by atoms with E-state index in [1.165, 1.54) is 0 Å². The van der Waals surface area contributed by atoms with Crippen molar-refractivity contribution in [1.29, 1.82) is 0 Å². The van der Waals surface area contributed by atoms with Gasteiger partial charge in [-0.15, -0.1) is 0 Å². The van der Waals surface area contributed by atoms with Crippen LogP contribution in [0.15, 0.2) is 71.8 Å². The lowest BCUT2D eigenvalue weighted by atomic mass is 10.1. The van der Waals surface area contributed by atoms with E-state index in [1.54, 1.807) is 13.3 Å². The van der Waals surface area contributed by atoms with E-state index in [4.69, 9.17) is 9.72 Å². The van der Waals surface area contributed by atoms with Gasteiger partial charge >= 0.3 is 0 Å². The maximum absolute atomic E-state index is 5.21. The van der Waals surface area contributed by atoms with Crippen molar-refractivity contribution in [3.05, 3.63) is 77.5 Å². The van der Waals surface area contributed by atoms with E-state index in [-0.39, 0.29) is 0 Å². The molecule has 150 valence electrons. The minimum absolute atomic E-state index is 0.555. The van der Waals surface area contributed by atoms with E-state index < -0.39 is 0 Å². The lowest BCUT2D eigenvalue weighted by Gasteiger charge is -2.14. The van der Waals surface area contributed by atoms with Crippen LogP contribution >= 0.6 is 15.9 Å². The number of hydrogen-bond donors (Lipinski definition) is 1. The molecule has 3 rings (SSSR count). The van der Waals surface area contributed by atoms with Crippen molar-refractivity contribution < 1.29 is 4.74 Å². The largest absolute Gasteiger partial charge is 0.497 e. The van der Waals surface area contributed by atoms with Gasteiger partial charge in [0.25, 0.3) is 0 Å². The summed E-state index contributed by atoms with van der Waals surface area (Å²) < 4.78 is 7.99. The van der Waals surface area contributed by atoms with Crippen LogP contribution < -0.4 is 10.2 Å². The van der Waals surface area contributed by atoms with Gasteiger partial charge in [-0.2, -0.15) is 0 Å². The standard InChI is InChI=1S/C22H24BrN5O/c1-6-8-16(13-15(2)29-5)19-20(23)28-12-11-24-21(22(28)26-19)25-17-9-7-10-18(14-17)27(3)4/h6-14H,2H2,1,3-5H3,(H,24,25)/b8-6-,16-13+. The van der Waals surface area contributed by atoms with E-state index in [2.05, 4.69) is 49.8 Å². The third kappa shape index (κ3) is 4.51. The van der Waals surface area contributed by atoms with Crippen LogP contribution in [0.2, 0.25) is 0 Å². The molecule has 0 saturated carbocycles. The van der Waals surface area contributed by atoms with E-state index in [0.29, 0.717) is 17.2 Å². The van der Waals surface area contributed by atoms with Crippen molar-refractivity contribution in [2.45, 2.75) is 6.92 Å². The quantitative estimate of drug-likeness (QED) is 0.382. The third-order valence-corrected chi connectivity index (χ3v) is 5.07. The summed E-state index contributed by atoms with van der Waals surface area (Å²) in [6, 6.07) is 8.14. The lowest BCUT2D eigenvalue weighted by molar-refractivity contribution is 0.309. The Labute approximate surface area is 179 Å². The molecule has 6 nitrogen and oxygen atoms in total. The van der Waals surface area contributed by atoms with Gasteiger partial charge in [-0.1, -0.05) is 24.8 Å². The summed E-state index contributed by atoms with van der Waals surface area (Å²) in [6.07, 6.45) is 9.39. The Kier molecular flexibility index (Phi) is 6.39. The fourth-order valence-corrected chi connectivity index (χ4v) is 3.43. The van der Waals surface area contributed by atoms with Gasteiger partial charge < -0.3 is 15.0 Å². The first-order valence-corrected chi connectivity index (χ1v) is 9.88. The average molecular weight is 454 g/mol. The zero-order chi connectivity index (χ0) is 21.0. The number of rotatable bonds is 7. The number of hydrogen-bond acceptors (Lipinski definition) is 5. The number of anilines is 3. The molecular weight excluding hydrogens is 430 g/mol. The minimum Gasteiger partial charge on any atom is -0.497 e. The number of imidazole rings is 1. The monoisotopic (exact) mass is 453 g/mol. The van der Waals surface area contributed by atoms with Crippen LogP contribution in [0.4, 0.5) is 17.2 Å². The summed E-state index contributed by atoms with van der Waals surface area (Å²) in [5.41, 5.74) is 4.41. The van der Waals surface area contributed by atoms with Crippen molar-refractivity contribution in [2.24, 2.45) is 0 Å². The topological polar surface area (TPSA) is 54.7 Å². The fraction of sp³-hybridized carbons (Fsp3) is 0.182. The summed E-state index contributed by atoms with van der Waals surface area (Å²) in [4.78, 5) is 11.4. The van der Waals surface area contributed by atoms with Crippen LogP contribution in [0, 0.1) is 0 Å². The highest BCUT2D eigenvalue weighted by Crippen LogP contribution is 2.30. The zero-order valence-electron chi connectivity index (χ0n) is 17.0. The van der Waals surface area contributed by atoms with Crippen molar-refractivity contribution in [1.82, 2.24) is 14.4 Å². The van der Waals surface area contributed by atoms with Gasteiger partial charge in [-0.25, -0.2) is 9.97 Å². The summed E-state index contributed by atoms with van der Waals surface area (Å²) in [7, 11) is 5.62. The Balaban J connectivity index is 2.08. The van der Waals surface area contributed by atoms with Crippen molar-refractivity contribution in [2.75, 3.05) is 31.4 Å². The van der Waals surface area contributed by atoms with E-state index in [0.717, 1.165) is 27.2 Å². The molecule has 0 saturated heterocycles. The maximum Gasteiger partial charge on any atom is 0.181 e. The van der Waals surface area contributed by atoms with Gasteiger partial charge in [0.05, 0.1) is 7.11 Å². The Morgan fingerprint density at radius 2 is 2.14 bits per heavy atom. The van der Waals surface area contributed by atoms with Crippen LogP contribution in [-0.4, -0.2) is 35.6 Å². The lowest BCUT2D eigenvalue weighted by Crippen LogP contribution is -2.08. The first-order chi connectivity index (χ1) is 13.9. The molecule has 29 heavy (non-hydrogen) atoms. The predicted octanol–water partition coefficient (Wildman–Crippen LogP) is 5.42. The Morgan fingerprint density at radius 1 is 1.34 bits per heavy atom. The van der Waals surface area contributed by atoms with Crippen LogP contribution in [0.5, 0.6) is 0 Å². The molecule has 0 atom stereocenters. The minimum atomic E-state index is 0.555. The molecule has 0 aliphatic rings. The summed E-state index contributed by atoms with van der Waals surface area (Å²) in [6.45, 7) is 5.85. The molecular formula is C22H24BrN5O. The van der Waals surface area contributed by atoms with Crippen LogP contribution in [0.25, 0.3) is 11.2 Å². The molecule has 1 N–H and O–H groups in total. The number of nitrogens with one attached hydrogen (secondary N) is 1. The maximum atomic E-state index is 5.21. The number of benzene rings is 1. The molecule has 0 bridgehead atoms. The Morgan fingerprint density at radius 3 is 2.83 bits per heavy atom. The highest BCUT2D eigenvalue weighted by molar-refractivity contribution is 9.10. The van der Waals surface area contributed by atoms with Crippen molar-refractivity contribution in [3.63, 3.8) is 0 Å². The van der Waals surface area contributed by atoms with Crippen LogP contribution in [-0.2, 0) is 4.74 Å². The molecule has 1 aromatic carbocycles. The molecule has 0 fully saturated rings. The van der Waals surface area contributed by atoms with Crippen LogP contribution in [0.1, 0.15) is 12.6 Å². The Hall–Kier alpha value is -3.06. The zero-order valence-corrected chi connectivity index (χ0v) is 18.6. The average Bonchev–Trinajstić information content (AvgIpc) is 3.05. The second kappa shape index (κ2) is 8.96. The number of methoxy groups -OCH3 is 1. The van der Waals surface area contributed by atoms with Gasteiger partial charge in [0.2, 0.25) is 0 Å². The first kappa shape index (κ1) is 20.7. The molecule has 0 unspecified atom stereocenters. The smallest absolute Gasteiger partial charge is 0.181 e. The van der Waals surface area contributed by atoms with E-state index in [9.17, 15) is 0 Å². The first-order valence-electron chi connectivity index (χ1n) is 9.09. The van der Waals surface area contributed by atoms with Gasteiger partial charge in [-0.05, 0) is 47.1 Å². The second-order valence-corrected chi connectivity index (χ2v) is 7.31. The summed E-state index contributed by atoms with van der Waals surface area (Å²) in [5.74, 6) is 1.22. The molecule has 2 heterocycles. The molecule has 2 aromatic heterocycles. The van der Waals surface area contributed by atoms with Crippen LogP contribution in [0.3, 0.4) is 0 Å². The second-order valence-electron chi connectivity index (χ2n) is 6.56. The molecule has 3 aromatic rings. The molecule has 0 aliphatic carbocycles. The van der Waals surface area contributed by atoms with E-state index >= 15 is 0 Å². The number of nitrogens with zero attached hydrogens (tertiary/aromatic N) is 4. The molecule has 0 aliphatic heterocycles. The number of ether oxygens (including phenoxy) is 1. The number of fused-ring (bicyclic) bond motifs is 1. The van der Waals surface area contributed by atoms with Crippen molar-refractivity contribution >= 4 is 44.3 Å². The number of aromatic nitrogens is 3. The summed E-state index contributed by atoms with van der Waals surface area (Å²) in [5, 5.41) is 3.38. The predicted molar refractivity (Wildman–Crippen MR) is 124 cm³/mol. The molecule has 0 amide bonds. The molecule has 0 radical (unpaired) electrons. The van der Waals surface area contributed by atoms with Gasteiger partial charge in [0.1, 0.15) is 16.1 Å². The fourth-order valence-electron chi connectivity index (χ4n) is 2.83. The van der Waals surface area contributed by atoms with Gasteiger partial charge in [-0.3, -0.25) is 4.40 Å². The van der Waals surface area contributed by atoms with Crippen molar-refractivity contribution in [3.8, 4) is 0 Å².